The van der Waals surface area contributed by atoms with Crippen LogP contribution in [0.25, 0.3) is 0 Å². The highest BCUT2D eigenvalue weighted by Crippen LogP contribution is 2.20. The van der Waals surface area contributed by atoms with E-state index in [4.69, 9.17) is 4.74 Å². The molecule has 20 heavy (non-hydrogen) atoms. The molecule has 1 aromatic carbocycles. The molecule has 2 rings (SSSR count). The second-order valence-electron chi connectivity index (χ2n) is 4.79. The molecule has 1 heterocycles. The average Bonchev–Trinajstić information content (AvgIpc) is 2.75. The number of aryl methyl sites for hydroxylation is 2. The molecule has 0 fully saturated rings. The Bertz CT molecular complexity index is 575. The van der Waals surface area contributed by atoms with Crippen molar-refractivity contribution >= 4 is 5.78 Å². The summed E-state index contributed by atoms with van der Waals surface area (Å²) in [5.74, 6) is 0.0565. The molecule has 1 unspecified atom stereocenters. The Morgan fingerprint density at radius 2 is 2.05 bits per heavy atom. The molecule has 2 aromatic rings. The van der Waals surface area contributed by atoms with E-state index >= 15 is 0 Å². The van der Waals surface area contributed by atoms with E-state index in [2.05, 4.69) is 5.10 Å². The molecule has 4 heteroatoms. The van der Waals surface area contributed by atoms with Gasteiger partial charge in [-0.1, -0.05) is 30.3 Å². The highest BCUT2D eigenvalue weighted by Gasteiger charge is 2.22. The highest BCUT2D eigenvalue weighted by molar-refractivity contribution is 5.86. The van der Waals surface area contributed by atoms with Crippen molar-refractivity contribution in [3.63, 3.8) is 0 Å². The zero-order valence-electron chi connectivity index (χ0n) is 12.2. The van der Waals surface area contributed by atoms with Crippen molar-refractivity contribution in [1.82, 2.24) is 9.78 Å². The molecule has 0 spiro atoms. The second kappa shape index (κ2) is 6.48. The number of carbonyl (C=O) groups is 1. The van der Waals surface area contributed by atoms with Gasteiger partial charge in [0.05, 0.1) is 12.1 Å². The molecule has 0 saturated carbocycles. The number of carbonyl (C=O) groups excluding carboxylic acids is 1. The lowest BCUT2D eigenvalue weighted by Gasteiger charge is -2.16. The van der Waals surface area contributed by atoms with Crippen LogP contribution in [0, 0.1) is 6.92 Å². The van der Waals surface area contributed by atoms with Crippen molar-refractivity contribution in [2.75, 3.05) is 6.61 Å². The molecule has 0 aliphatic heterocycles. The molecule has 1 atom stereocenters. The van der Waals surface area contributed by atoms with E-state index in [-0.39, 0.29) is 5.78 Å². The van der Waals surface area contributed by atoms with Gasteiger partial charge in [-0.3, -0.25) is 9.48 Å². The first kappa shape index (κ1) is 14.5. The van der Waals surface area contributed by atoms with Crippen molar-refractivity contribution in [3.05, 3.63) is 53.3 Å². The Labute approximate surface area is 119 Å². The first-order chi connectivity index (χ1) is 9.61. The molecular formula is C16H20N2O2. The number of ketones is 1. The number of benzene rings is 1. The van der Waals surface area contributed by atoms with Crippen molar-refractivity contribution in [2.45, 2.75) is 26.4 Å². The summed E-state index contributed by atoms with van der Waals surface area (Å²) in [4.78, 5) is 12.5. The minimum absolute atomic E-state index is 0.0565. The standard InChI is InChI=1S/C16H20N2O2/c1-4-20-16(13-8-6-5-7-9-13)15(19)11-14-10-12(2)17-18(14)3/h5-10,16H,4,11H2,1-3H3. The maximum atomic E-state index is 12.5. The van der Waals surface area contributed by atoms with Crippen LogP contribution in [-0.2, 0) is 23.0 Å². The summed E-state index contributed by atoms with van der Waals surface area (Å²) in [7, 11) is 1.85. The number of hydrogen-bond acceptors (Lipinski definition) is 3. The largest absolute Gasteiger partial charge is 0.366 e. The first-order valence-corrected chi connectivity index (χ1v) is 6.80. The lowest BCUT2D eigenvalue weighted by Crippen LogP contribution is -2.19. The SMILES string of the molecule is CCOC(C(=O)Cc1cc(C)nn1C)c1ccccc1. The third kappa shape index (κ3) is 3.33. The van der Waals surface area contributed by atoms with Gasteiger partial charge in [-0.2, -0.15) is 5.10 Å². The Hall–Kier alpha value is -1.94. The maximum Gasteiger partial charge on any atom is 0.172 e. The summed E-state index contributed by atoms with van der Waals surface area (Å²) in [6.07, 6.45) is -0.173. The first-order valence-electron chi connectivity index (χ1n) is 6.80. The second-order valence-corrected chi connectivity index (χ2v) is 4.79. The van der Waals surface area contributed by atoms with E-state index in [1.54, 1.807) is 4.68 Å². The molecule has 0 saturated heterocycles. The van der Waals surface area contributed by atoms with Gasteiger partial charge in [0.2, 0.25) is 0 Å². The minimum Gasteiger partial charge on any atom is -0.366 e. The van der Waals surface area contributed by atoms with Crippen molar-refractivity contribution in [2.24, 2.45) is 7.05 Å². The zero-order valence-corrected chi connectivity index (χ0v) is 12.2. The van der Waals surface area contributed by atoms with E-state index in [1.165, 1.54) is 0 Å². The van der Waals surface area contributed by atoms with Gasteiger partial charge in [0.15, 0.2) is 5.78 Å². The Morgan fingerprint density at radius 3 is 2.60 bits per heavy atom. The molecule has 0 aliphatic rings. The fourth-order valence-electron chi connectivity index (χ4n) is 2.27. The molecule has 4 nitrogen and oxygen atoms in total. The molecule has 0 amide bonds. The summed E-state index contributed by atoms with van der Waals surface area (Å²) in [6.45, 7) is 4.33. The lowest BCUT2D eigenvalue weighted by atomic mass is 10.0. The fourth-order valence-corrected chi connectivity index (χ4v) is 2.27. The predicted octanol–water partition coefficient (Wildman–Crippen LogP) is 2.62. The normalized spacial score (nSPS) is 12.3. The quantitative estimate of drug-likeness (QED) is 0.812. The smallest absolute Gasteiger partial charge is 0.172 e. The van der Waals surface area contributed by atoms with Gasteiger partial charge in [0.25, 0.3) is 0 Å². The van der Waals surface area contributed by atoms with Crippen LogP contribution in [0.2, 0.25) is 0 Å². The third-order valence-corrected chi connectivity index (χ3v) is 3.18. The van der Waals surface area contributed by atoms with Crippen LogP contribution in [0.3, 0.4) is 0 Å². The molecule has 0 aliphatic carbocycles. The van der Waals surface area contributed by atoms with Gasteiger partial charge in [0.1, 0.15) is 6.10 Å². The van der Waals surface area contributed by atoms with Gasteiger partial charge in [-0.05, 0) is 25.5 Å². The topological polar surface area (TPSA) is 44.1 Å². The van der Waals surface area contributed by atoms with E-state index in [9.17, 15) is 4.79 Å². The zero-order chi connectivity index (χ0) is 14.5. The fraction of sp³-hybridized carbons (Fsp3) is 0.375. The third-order valence-electron chi connectivity index (χ3n) is 3.18. The monoisotopic (exact) mass is 272 g/mol. The summed E-state index contributed by atoms with van der Waals surface area (Å²) in [5, 5.41) is 4.27. The van der Waals surface area contributed by atoms with Crippen LogP contribution in [-0.4, -0.2) is 22.2 Å². The van der Waals surface area contributed by atoms with Crippen molar-refractivity contribution < 1.29 is 9.53 Å². The van der Waals surface area contributed by atoms with E-state index in [0.29, 0.717) is 13.0 Å². The number of ether oxygens (including phenoxy) is 1. The van der Waals surface area contributed by atoms with Gasteiger partial charge >= 0.3 is 0 Å². The van der Waals surface area contributed by atoms with Crippen molar-refractivity contribution in [3.8, 4) is 0 Å². The molecule has 0 bridgehead atoms. The van der Waals surface area contributed by atoms with Crippen LogP contribution >= 0.6 is 0 Å². The van der Waals surface area contributed by atoms with Gasteiger partial charge < -0.3 is 4.74 Å². The maximum absolute atomic E-state index is 12.5. The number of rotatable bonds is 6. The van der Waals surface area contributed by atoms with Gasteiger partial charge in [-0.15, -0.1) is 0 Å². The summed E-state index contributed by atoms with van der Waals surface area (Å²) < 4.78 is 7.38. The van der Waals surface area contributed by atoms with Gasteiger partial charge in [0, 0.05) is 19.3 Å². The van der Waals surface area contributed by atoms with E-state index in [1.807, 2.05) is 57.3 Å². The summed E-state index contributed by atoms with van der Waals surface area (Å²) in [5.41, 5.74) is 2.73. The molecule has 0 radical (unpaired) electrons. The molecule has 1 aromatic heterocycles. The average molecular weight is 272 g/mol. The Kier molecular flexibility index (Phi) is 4.69. The highest BCUT2D eigenvalue weighted by atomic mass is 16.5. The number of Topliss-reactive ketones (excluding diaryl/α,β-unsaturated/α-hetero) is 1. The number of nitrogens with zero attached hydrogens (tertiary/aromatic N) is 2. The molecule has 106 valence electrons. The van der Waals surface area contributed by atoms with Crippen LogP contribution in [0.5, 0.6) is 0 Å². The van der Waals surface area contributed by atoms with Crippen LogP contribution in [0.4, 0.5) is 0 Å². The van der Waals surface area contributed by atoms with Crippen LogP contribution in [0.15, 0.2) is 36.4 Å². The van der Waals surface area contributed by atoms with Crippen LogP contribution < -0.4 is 0 Å². The van der Waals surface area contributed by atoms with Gasteiger partial charge in [-0.25, -0.2) is 0 Å². The predicted molar refractivity (Wildman–Crippen MR) is 77.5 cm³/mol. The van der Waals surface area contributed by atoms with Crippen LogP contribution in [0.1, 0.15) is 30.0 Å². The Balaban J connectivity index is 2.17. The number of aromatic nitrogens is 2. The molecular weight excluding hydrogens is 252 g/mol. The van der Waals surface area contributed by atoms with Crippen molar-refractivity contribution in [1.29, 1.82) is 0 Å². The summed E-state index contributed by atoms with van der Waals surface area (Å²) >= 11 is 0. The van der Waals surface area contributed by atoms with E-state index in [0.717, 1.165) is 17.0 Å². The number of hydrogen-bond donors (Lipinski definition) is 0. The molecule has 0 N–H and O–H groups in total. The minimum atomic E-state index is -0.503. The van der Waals surface area contributed by atoms with E-state index < -0.39 is 6.10 Å². The lowest BCUT2D eigenvalue weighted by molar-refractivity contribution is -0.130. The Morgan fingerprint density at radius 1 is 1.35 bits per heavy atom. The summed E-state index contributed by atoms with van der Waals surface area (Å²) in [6, 6.07) is 11.6.